The number of nitrogens with one attached hydrogen (secondary N) is 3. The van der Waals surface area contributed by atoms with E-state index in [2.05, 4.69) is 16.0 Å². The van der Waals surface area contributed by atoms with Crippen molar-refractivity contribution in [3.8, 4) is 0 Å². The Labute approximate surface area is 123 Å². The van der Waals surface area contributed by atoms with Crippen LogP contribution in [-0.4, -0.2) is 49.8 Å². The van der Waals surface area contributed by atoms with Gasteiger partial charge in [0, 0.05) is 31.4 Å². The molecule has 1 aromatic rings. The van der Waals surface area contributed by atoms with Crippen molar-refractivity contribution < 1.29 is 14.4 Å². The van der Waals surface area contributed by atoms with Crippen LogP contribution in [0.3, 0.4) is 0 Å². The largest absolute Gasteiger partial charge is 0.347 e. The Morgan fingerprint density at radius 1 is 0.952 bits per heavy atom. The molecule has 0 heterocycles. The van der Waals surface area contributed by atoms with Gasteiger partial charge in [0.2, 0.25) is 5.91 Å². The van der Waals surface area contributed by atoms with Crippen molar-refractivity contribution >= 4 is 29.1 Å². The fourth-order valence-corrected chi connectivity index (χ4v) is 1.50. The lowest BCUT2D eigenvalue weighted by Crippen LogP contribution is -2.38. The van der Waals surface area contributed by atoms with Crippen molar-refractivity contribution in [2.75, 3.05) is 37.8 Å². The fourth-order valence-electron chi connectivity index (χ4n) is 1.50. The maximum absolute atomic E-state index is 11.6. The Kier molecular flexibility index (Phi) is 6.35. The topological polar surface area (TPSA) is 90.5 Å². The molecule has 1 aromatic carbocycles. The van der Waals surface area contributed by atoms with Crippen molar-refractivity contribution in [3.05, 3.63) is 24.3 Å². The number of nitrogens with zero attached hydrogens (tertiary/aromatic N) is 1. The SMILES string of the molecule is CC(=O)Nc1ccc(NC(=O)C(=O)NCCN(C)C)cc1. The van der Waals surface area contributed by atoms with Gasteiger partial charge in [-0.1, -0.05) is 0 Å². The maximum atomic E-state index is 11.6. The van der Waals surface area contributed by atoms with Gasteiger partial charge in [-0.25, -0.2) is 0 Å². The predicted molar refractivity (Wildman–Crippen MR) is 80.9 cm³/mol. The minimum Gasteiger partial charge on any atom is -0.347 e. The first-order valence-corrected chi connectivity index (χ1v) is 6.50. The van der Waals surface area contributed by atoms with Gasteiger partial charge in [0.1, 0.15) is 0 Å². The molecule has 114 valence electrons. The summed E-state index contributed by atoms with van der Waals surface area (Å²) in [6, 6.07) is 6.49. The summed E-state index contributed by atoms with van der Waals surface area (Å²) >= 11 is 0. The van der Waals surface area contributed by atoms with E-state index in [-0.39, 0.29) is 5.91 Å². The Bertz CT molecular complexity index is 511. The van der Waals surface area contributed by atoms with Crippen molar-refractivity contribution in [3.63, 3.8) is 0 Å². The first-order chi connectivity index (χ1) is 9.88. The molecular formula is C14H20N4O3. The Balaban J connectivity index is 2.46. The molecule has 7 nitrogen and oxygen atoms in total. The summed E-state index contributed by atoms with van der Waals surface area (Å²) in [5.41, 5.74) is 1.10. The summed E-state index contributed by atoms with van der Waals surface area (Å²) in [4.78, 5) is 36.0. The van der Waals surface area contributed by atoms with Gasteiger partial charge in [0.05, 0.1) is 0 Å². The van der Waals surface area contributed by atoms with Crippen LogP contribution in [0.2, 0.25) is 0 Å². The highest BCUT2D eigenvalue weighted by Gasteiger charge is 2.12. The van der Waals surface area contributed by atoms with E-state index in [9.17, 15) is 14.4 Å². The second kappa shape index (κ2) is 8.01. The predicted octanol–water partition coefficient (Wildman–Crippen LogP) is 0.261. The molecule has 0 aromatic heterocycles. The number of benzene rings is 1. The van der Waals surface area contributed by atoms with Crippen molar-refractivity contribution in [1.82, 2.24) is 10.2 Å². The summed E-state index contributed by atoms with van der Waals surface area (Å²) in [7, 11) is 3.76. The van der Waals surface area contributed by atoms with Crippen LogP contribution in [0.4, 0.5) is 11.4 Å². The zero-order valence-electron chi connectivity index (χ0n) is 12.4. The number of likely N-dealkylation sites (N-methyl/N-ethyl adjacent to an activating group) is 1. The number of rotatable bonds is 5. The first kappa shape index (κ1) is 16.6. The zero-order chi connectivity index (χ0) is 15.8. The minimum absolute atomic E-state index is 0.174. The second-order valence-corrected chi connectivity index (χ2v) is 4.77. The summed E-state index contributed by atoms with van der Waals surface area (Å²) in [6.45, 7) is 2.47. The summed E-state index contributed by atoms with van der Waals surface area (Å²) in [5.74, 6) is -1.57. The van der Waals surface area contributed by atoms with Crippen LogP contribution in [-0.2, 0) is 14.4 Å². The van der Waals surface area contributed by atoms with E-state index >= 15 is 0 Å². The molecule has 0 atom stereocenters. The van der Waals surface area contributed by atoms with Crippen LogP contribution >= 0.6 is 0 Å². The molecule has 0 aliphatic carbocycles. The van der Waals surface area contributed by atoms with E-state index < -0.39 is 11.8 Å². The minimum atomic E-state index is -0.721. The van der Waals surface area contributed by atoms with Crippen LogP contribution in [0.5, 0.6) is 0 Å². The van der Waals surface area contributed by atoms with Crippen LogP contribution in [0.1, 0.15) is 6.92 Å². The summed E-state index contributed by atoms with van der Waals surface area (Å²) < 4.78 is 0. The lowest BCUT2D eigenvalue weighted by Gasteiger charge is -2.10. The van der Waals surface area contributed by atoms with Gasteiger partial charge in [-0.15, -0.1) is 0 Å². The van der Waals surface area contributed by atoms with E-state index in [0.717, 1.165) is 0 Å². The lowest BCUT2D eigenvalue weighted by molar-refractivity contribution is -0.136. The highest BCUT2D eigenvalue weighted by atomic mass is 16.2. The average Bonchev–Trinajstić information content (AvgIpc) is 2.39. The van der Waals surface area contributed by atoms with E-state index in [1.54, 1.807) is 24.3 Å². The molecule has 0 aliphatic rings. The second-order valence-electron chi connectivity index (χ2n) is 4.77. The third-order valence-corrected chi connectivity index (χ3v) is 2.51. The van der Waals surface area contributed by atoms with Crippen molar-refractivity contribution in [2.45, 2.75) is 6.92 Å². The molecule has 0 fully saturated rings. The Hall–Kier alpha value is -2.41. The number of hydrogen-bond acceptors (Lipinski definition) is 4. The number of hydrogen-bond donors (Lipinski definition) is 3. The molecule has 3 N–H and O–H groups in total. The molecule has 0 unspecified atom stereocenters. The molecule has 0 spiro atoms. The van der Waals surface area contributed by atoms with Crippen molar-refractivity contribution in [1.29, 1.82) is 0 Å². The monoisotopic (exact) mass is 292 g/mol. The van der Waals surface area contributed by atoms with E-state index in [4.69, 9.17) is 0 Å². The van der Waals surface area contributed by atoms with Gasteiger partial charge in [0.15, 0.2) is 0 Å². The van der Waals surface area contributed by atoms with Gasteiger partial charge in [-0.05, 0) is 38.4 Å². The average molecular weight is 292 g/mol. The van der Waals surface area contributed by atoms with E-state index in [1.165, 1.54) is 6.92 Å². The third-order valence-electron chi connectivity index (χ3n) is 2.51. The Morgan fingerprint density at radius 2 is 1.48 bits per heavy atom. The molecular weight excluding hydrogens is 272 g/mol. The highest BCUT2D eigenvalue weighted by molar-refractivity contribution is 6.39. The van der Waals surface area contributed by atoms with Gasteiger partial charge in [0.25, 0.3) is 0 Å². The molecule has 21 heavy (non-hydrogen) atoms. The number of carbonyl (C=O) groups excluding carboxylic acids is 3. The molecule has 3 amide bonds. The lowest BCUT2D eigenvalue weighted by atomic mass is 10.2. The van der Waals surface area contributed by atoms with Crippen LogP contribution < -0.4 is 16.0 Å². The third kappa shape index (κ3) is 6.53. The van der Waals surface area contributed by atoms with Gasteiger partial charge in [-0.3, -0.25) is 14.4 Å². The van der Waals surface area contributed by atoms with Crippen LogP contribution in [0.25, 0.3) is 0 Å². The number of anilines is 2. The fraction of sp³-hybridized carbons (Fsp3) is 0.357. The summed E-state index contributed by atoms with van der Waals surface area (Å²) in [5, 5.41) is 7.62. The summed E-state index contributed by atoms with van der Waals surface area (Å²) in [6.07, 6.45) is 0. The Morgan fingerprint density at radius 3 is 1.95 bits per heavy atom. The molecule has 0 bridgehead atoms. The van der Waals surface area contributed by atoms with Crippen molar-refractivity contribution in [2.24, 2.45) is 0 Å². The molecule has 0 saturated carbocycles. The maximum Gasteiger partial charge on any atom is 0.313 e. The molecule has 0 aliphatic heterocycles. The highest BCUT2D eigenvalue weighted by Crippen LogP contribution is 2.13. The van der Waals surface area contributed by atoms with Gasteiger partial charge >= 0.3 is 11.8 Å². The van der Waals surface area contributed by atoms with Crippen LogP contribution in [0.15, 0.2) is 24.3 Å². The smallest absolute Gasteiger partial charge is 0.313 e. The normalized spacial score (nSPS) is 10.1. The van der Waals surface area contributed by atoms with E-state index in [0.29, 0.717) is 24.5 Å². The molecule has 1 rings (SSSR count). The van der Waals surface area contributed by atoms with Gasteiger partial charge in [-0.2, -0.15) is 0 Å². The quantitative estimate of drug-likeness (QED) is 0.679. The first-order valence-electron chi connectivity index (χ1n) is 6.50. The van der Waals surface area contributed by atoms with Gasteiger partial charge < -0.3 is 20.9 Å². The molecule has 0 saturated heterocycles. The standard InChI is InChI=1S/C14H20N4O3/c1-10(19)16-11-4-6-12(7-5-11)17-14(21)13(20)15-8-9-18(2)3/h4-7H,8-9H2,1-3H3,(H,15,20)(H,16,19)(H,17,21). The zero-order valence-corrected chi connectivity index (χ0v) is 12.4. The molecule has 7 heteroatoms. The van der Waals surface area contributed by atoms with E-state index in [1.807, 2.05) is 19.0 Å². The number of carbonyl (C=O) groups is 3. The molecule has 0 radical (unpaired) electrons. The number of amides is 3. The van der Waals surface area contributed by atoms with Crippen LogP contribution in [0, 0.1) is 0 Å².